The smallest absolute Gasteiger partial charge is 0.254 e. The van der Waals surface area contributed by atoms with Gasteiger partial charge in [0.1, 0.15) is 29.0 Å². The molecule has 0 bridgehead atoms. The van der Waals surface area contributed by atoms with E-state index < -0.39 is 11.4 Å². The predicted molar refractivity (Wildman–Crippen MR) is 118 cm³/mol. The summed E-state index contributed by atoms with van der Waals surface area (Å²) < 4.78 is 14.9. The van der Waals surface area contributed by atoms with Crippen molar-refractivity contribution in [1.29, 1.82) is 5.26 Å². The number of halogens is 1. The Morgan fingerprint density at radius 1 is 1.22 bits per heavy atom. The third-order valence-corrected chi connectivity index (χ3v) is 5.82. The van der Waals surface area contributed by atoms with Crippen LogP contribution in [0.3, 0.4) is 0 Å². The quantitative estimate of drug-likeness (QED) is 0.540. The van der Waals surface area contributed by atoms with Gasteiger partial charge in [0.2, 0.25) is 0 Å². The summed E-state index contributed by atoms with van der Waals surface area (Å²) in [6.07, 6.45) is 2.95. The van der Waals surface area contributed by atoms with E-state index in [1.54, 1.807) is 29.1 Å². The molecule has 164 valence electrons. The first kappa shape index (κ1) is 21.3. The van der Waals surface area contributed by atoms with E-state index in [2.05, 4.69) is 26.4 Å². The maximum absolute atomic E-state index is 13.2. The number of aromatic nitrogens is 3. The van der Waals surface area contributed by atoms with Crippen molar-refractivity contribution in [2.75, 3.05) is 29.9 Å². The minimum Gasteiger partial charge on any atom is -0.365 e. The van der Waals surface area contributed by atoms with E-state index in [4.69, 9.17) is 16.7 Å². The summed E-state index contributed by atoms with van der Waals surface area (Å²) in [5.41, 5.74) is 12.4. The molecule has 1 amide bonds. The Labute approximate surface area is 184 Å². The molecule has 5 N–H and O–H groups in total. The number of hydrogen-bond donors (Lipinski definition) is 3. The molecule has 0 unspecified atom stereocenters. The highest BCUT2D eigenvalue weighted by Gasteiger charge is 2.37. The number of nitrogens with one attached hydrogen (secondary N) is 1. The van der Waals surface area contributed by atoms with Crippen molar-refractivity contribution in [2.45, 2.75) is 18.4 Å². The Bertz CT molecular complexity index is 1160. The number of hydrogen-bond acceptors (Lipinski definition) is 7. The first-order valence-electron chi connectivity index (χ1n) is 10.2. The number of rotatable bonds is 6. The number of carbonyl (C=O) groups is 1. The van der Waals surface area contributed by atoms with E-state index in [-0.39, 0.29) is 11.4 Å². The van der Waals surface area contributed by atoms with E-state index in [1.165, 1.54) is 12.1 Å². The summed E-state index contributed by atoms with van der Waals surface area (Å²) in [7, 11) is 0. The monoisotopic (exact) mass is 434 g/mol. The van der Waals surface area contributed by atoms with Crippen molar-refractivity contribution in [3.8, 4) is 6.07 Å². The fourth-order valence-corrected chi connectivity index (χ4v) is 3.90. The van der Waals surface area contributed by atoms with Crippen molar-refractivity contribution in [3.63, 3.8) is 0 Å². The molecule has 9 nitrogen and oxygen atoms in total. The number of nitrogens with two attached hydrogens (primary N) is 2. The van der Waals surface area contributed by atoms with E-state index in [0.29, 0.717) is 49.7 Å². The fraction of sp³-hybridized carbons (Fsp3) is 0.273. The molecular weight excluding hydrogens is 411 g/mol. The highest BCUT2D eigenvalue weighted by molar-refractivity contribution is 5.98. The lowest BCUT2D eigenvalue weighted by Gasteiger charge is -2.41. The number of anilines is 3. The Morgan fingerprint density at radius 2 is 1.94 bits per heavy atom. The van der Waals surface area contributed by atoms with Crippen molar-refractivity contribution in [3.05, 3.63) is 65.7 Å². The molecule has 3 aromatic rings. The standard InChI is InChI=1S/C22H23FN8O/c23-15-4-6-16(7-5-15)28-21-18(20(26)32)13-31(29-21)22(14-25)8-10-30(11-9-22)19-3-1-2-17(12-24)27-19/h1-7,13H,8-11,14,25H2,(H2,26,32)(H,28,29). The first-order valence-corrected chi connectivity index (χ1v) is 10.2. The van der Waals surface area contributed by atoms with Crippen LogP contribution in [-0.2, 0) is 5.54 Å². The van der Waals surface area contributed by atoms with Crippen molar-refractivity contribution in [1.82, 2.24) is 14.8 Å². The number of pyridine rings is 1. The number of primary amides is 1. The molecule has 0 saturated carbocycles. The largest absolute Gasteiger partial charge is 0.365 e. The van der Waals surface area contributed by atoms with Crippen molar-refractivity contribution >= 4 is 23.2 Å². The van der Waals surface area contributed by atoms with Crippen molar-refractivity contribution < 1.29 is 9.18 Å². The van der Waals surface area contributed by atoms with Gasteiger partial charge in [-0.25, -0.2) is 9.37 Å². The van der Waals surface area contributed by atoms with Gasteiger partial charge >= 0.3 is 0 Å². The van der Waals surface area contributed by atoms with Crippen LogP contribution in [0, 0.1) is 17.1 Å². The maximum Gasteiger partial charge on any atom is 0.254 e. The molecule has 32 heavy (non-hydrogen) atoms. The topological polar surface area (TPSA) is 139 Å². The minimum atomic E-state index is -0.622. The van der Waals surface area contributed by atoms with Crippen LogP contribution in [0.15, 0.2) is 48.7 Å². The zero-order valence-electron chi connectivity index (χ0n) is 17.3. The van der Waals surface area contributed by atoms with Gasteiger partial charge in [0, 0.05) is 31.5 Å². The average Bonchev–Trinajstić information content (AvgIpc) is 3.25. The highest BCUT2D eigenvalue weighted by Crippen LogP contribution is 2.33. The summed E-state index contributed by atoms with van der Waals surface area (Å²) >= 11 is 0. The highest BCUT2D eigenvalue weighted by atomic mass is 19.1. The molecule has 4 rings (SSSR count). The molecule has 0 radical (unpaired) electrons. The van der Waals surface area contributed by atoms with E-state index in [1.807, 2.05) is 12.1 Å². The van der Waals surface area contributed by atoms with Crippen LogP contribution in [0.4, 0.5) is 21.7 Å². The Morgan fingerprint density at radius 3 is 2.56 bits per heavy atom. The van der Waals surface area contributed by atoms with Gasteiger partial charge in [0.25, 0.3) is 5.91 Å². The van der Waals surface area contributed by atoms with Gasteiger partial charge in [0.05, 0.1) is 5.54 Å². The molecule has 1 aromatic carbocycles. The number of nitrogens with zero attached hydrogens (tertiary/aromatic N) is 5. The van der Waals surface area contributed by atoms with Crippen LogP contribution >= 0.6 is 0 Å². The van der Waals surface area contributed by atoms with E-state index in [9.17, 15) is 9.18 Å². The molecule has 3 heterocycles. The second-order valence-electron chi connectivity index (χ2n) is 7.74. The summed E-state index contributed by atoms with van der Waals surface area (Å²) in [4.78, 5) is 18.5. The molecule has 1 fully saturated rings. The van der Waals surface area contributed by atoms with Crippen LogP contribution in [0.2, 0.25) is 0 Å². The van der Waals surface area contributed by atoms with Gasteiger partial charge in [-0.05, 0) is 49.2 Å². The lowest BCUT2D eigenvalue weighted by atomic mass is 9.87. The molecule has 0 atom stereocenters. The molecule has 1 aliphatic heterocycles. The lowest BCUT2D eigenvalue weighted by molar-refractivity contribution is 0.100. The predicted octanol–water partition coefficient (Wildman–Crippen LogP) is 2.09. The summed E-state index contributed by atoms with van der Waals surface area (Å²) in [6, 6.07) is 13.2. The Kier molecular flexibility index (Phi) is 5.75. The molecule has 1 saturated heterocycles. The van der Waals surface area contributed by atoms with Crippen LogP contribution in [0.5, 0.6) is 0 Å². The third kappa shape index (κ3) is 4.10. The molecule has 1 aliphatic rings. The second-order valence-corrected chi connectivity index (χ2v) is 7.74. The number of amides is 1. The zero-order chi connectivity index (χ0) is 22.7. The van der Waals surface area contributed by atoms with Crippen LogP contribution in [0.1, 0.15) is 28.9 Å². The number of piperidine rings is 1. The second kappa shape index (κ2) is 8.64. The average molecular weight is 434 g/mol. The number of carbonyl (C=O) groups excluding carboxylic acids is 1. The third-order valence-electron chi connectivity index (χ3n) is 5.82. The Balaban J connectivity index is 1.58. The van der Waals surface area contributed by atoms with Gasteiger partial charge < -0.3 is 21.7 Å². The van der Waals surface area contributed by atoms with Gasteiger partial charge in [-0.1, -0.05) is 6.07 Å². The van der Waals surface area contributed by atoms with E-state index in [0.717, 1.165) is 5.82 Å². The molecule has 2 aromatic heterocycles. The number of nitriles is 1. The van der Waals surface area contributed by atoms with E-state index >= 15 is 0 Å². The van der Waals surface area contributed by atoms with Crippen molar-refractivity contribution in [2.24, 2.45) is 11.5 Å². The lowest BCUT2D eigenvalue weighted by Crippen LogP contribution is -2.51. The molecular formula is C22H23FN8O. The van der Waals surface area contributed by atoms with Crippen LogP contribution in [-0.4, -0.2) is 40.3 Å². The molecule has 10 heteroatoms. The zero-order valence-corrected chi connectivity index (χ0v) is 17.3. The maximum atomic E-state index is 13.2. The normalized spacial score (nSPS) is 15.2. The molecule has 0 aliphatic carbocycles. The SMILES string of the molecule is N#Cc1cccc(N2CCC(CN)(n3cc(C(N)=O)c(Nc4ccc(F)cc4)n3)CC2)n1. The van der Waals surface area contributed by atoms with Crippen LogP contribution < -0.4 is 21.7 Å². The van der Waals surface area contributed by atoms with Gasteiger partial charge in [0.15, 0.2) is 5.82 Å². The summed E-state index contributed by atoms with van der Waals surface area (Å²) in [5, 5.41) is 16.7. The number of benzene rings is 1. The first-order chi connectivity index (χ1) is 15.4. The summed E-state index contributed by atoms with van der Waals surface area (Å²) in [6.45, 7) is 1.64. The Hall–Kier alpha value is -3.97. The molecule has 0 spiro atoms. The van der Waals surface area contributed by atoms with Gasteiger partial charge in [-0.15, -0.1) is 0 Å². The fourth-order valence-electron chi connectivity index (χ4n) is 3.90. The minimum absolute atomic E-state index is 0.230. The van der Waals surface area contributed by atoms with Gasteiger partial charge in [-0.3, -0.25) is 9.48 Å². The van der Waals surface area contributed by atoms with Gasteiger partial charge in [-0.2, -0.15) is 10.4 Å². The van der Waals surface area contributed by atoms with Crippen LogP contribution in [0.25, 0.3) is 0 Å². The summed E-state index contributed by atoms with van der Waals surface area (Å²) in [5.74, 6) is 0.0530.